The van der Waals surface area contributed by atoms with Crippen molar-refractivity contribution in [2.75, 3.05) is 23.5 Å². The van der Waals surface area contributed by atoms with Crippen LogP contribution in [0.15, 0.2) is 53.5 Å². The van der Waals surface area contributed by atoms with Gasteiger partial charge >= 0.3 is 0 Å². The Hall–Kier alpha value is -2.39. The van der Waals surface area contributed by atoms with Crippen molar-refractivity contribution in [3.8, 4) is 5.75 Å². The number of anilines is 1. The van der Waals surface area contributed by atoms with Gasteiger partial charge in [0, 0.05) is 16.5 Å². The van der Waals surface area contributed by atoms with E-state index >= 15 is 0 Å². The monoisotopic (exact) mass is 420 g/mol. The van der Waals surface area contributed by atoms with Crippen molar-refractivity contribution in [2.24, 2.45) is 4.99 Å². The molecule has 0 bridgehead atoms. The third-order valence-electron chi connectivity index (χ3n) is 4.71. The number of rotatable bonds is 3. The fraction of sp³-hybridized carbons (Fsp3) is 0.263. The molecule has 2 aliphatic heterocycles. The largest absolute Gasteiger partial charge is 0.497 e. The third-order valence-corrected chi connectivity index (χ3v) is 7.92. The predicted molar refractivity (Wildman–Crippen MR) is 107 cm³/mol. The summed E-state index contributed by atoms with van der Waals surface area (Å²) in [5.41, 5.74) is 1.01. The van der Waals surface area contributed by atoms with Crippen molar-refractivity contribution in [2.45, 2.75) is 11.3 Å². The summed E-state index contributed by atoms with van der Waals surface area (Å²) < 4.78 is 42.6. The zero-order valence-corrected chi connectivity index (χ0v) is 16.5. The van der Waals surface area contributed by atoms with E-state index in [2.05, 4.69) is 4.99 Å². The summed E-state index contributed by atoms with van der Waals surface area (Å²) in [6, 6.07) is 12.0. The van der Waals surface area contributed by atoms with Crippen LogP contribution in [0.25, 0.3) is 0 Å². The number of thioether (sulfide) groups is 1. The standard InChI is InChI=1S/C19H17FN2O4S2/c1-26-15-8-2-12(3-9-15)18(23)21-19-22(14-6-4-13(20)5-7-14)16-10-28(24,25)11-17(16)27-19/h2-9,16-17H,10-11H2,1H3/t16-,17-/m0/s1. The van der Waals surface area contributed by atoms with Crippen LogP contribution >= 0.6 is 11.8 Å². The van der Waals surface area contributed by atoms with Gasteiger partial charge in [0.1, 0.15) is 11.6 Å². The van der Waals surface area contributed by atoms with Crippen LogP contribution in [0, 0.1) is 5.82 Å². The minimum absolute atomic E-state index is 0.0161. The second kappa shape index (κ2) is 7.21. The summed E-state index contributed by atoms with van der Waals surface area (Å²) >= 11 is 1.28. The summed E-state index contributed by atoms with van der Waals surface area (Å²) in [5, 5.41) is 0.217. The molecule has 4 rings (SSSR count). The number of halogens is 1. The maximum Gasteiger partial charge on any atom is 0.279 e. The molecule has 9 heteroatoms. The molecule has 0 aromatic heterocycles. The first-order valence-corrected chi connectivity index (χ1v) is 11.3. The SMILES string of the molecule is COc1ccc(C(=O)N=C2S[C@H]3CS(=O)(=O)C[C@@H]3N2c2ccc(F)cc2)cc1. The maximum absolute atomic E-state index is 13.3. The first-order chi connectivity index (χ1) is 13.4. The van der Waals surface area contributed by atoms with Gasteiger partial charge in [0.05, 0.1) is 24.7 Å². The Balaban J connectivity index is 1.68. The van der Waals surface area contributed by atoms with Gasteiger partial charge in [-0.3, -0.25) is 4.79 Å². The zero-order valence-electron chi connectivity index (χ0n) is 14.9. The number of methoxy groups -OCH3 is 1. The first kappa shape index (κ1) is 18.9. The minimum atomic E-state index is -3.16. The molecule has 2 fully saturated rings. The Morgan fingerprint density at radius 1 is 1.14 bits per heavy atom. The van der Waals surface area contributed by atoms with E-state index < -0.39 is 15.7 Å². The van der Waals surface area contributed by atoms with Crippen molar-refractivity contribution in [3.05, 3.63) is 59.9 Å². The number of carbonyl (C=O) groups excluding carboxylic acids is 1. The van der Waals surface area contributed by atoms with E-state index in [-0.39, 0.29) is 28.6 Å². The number of hydrogen-bond donors (Lipinski definition) is 0. The first-order valence-electron chi connectivity index (χ1n) is 8.55. The smallest absolute Gasteiger partial charge is 0.279 e. The van der Waals surface area contributed by atoms with E-state index in [1.54, 1.807) is 48.4 Å². The molecule has 2 aromatic rings. The van der Waals surface area contributed by atoms with E-state index in [4.69, 9.17) is 4.74 Å². The molecule has 0 unspecified atom stereocenters. The summed E-state index contributed by atoms with van der Waals surface area (Å²) in [6.45, 7) is 0. The predicted octanol–water partition coefficient (Wildman–Crippen LogP) is 2.75. The number of benzene rings is 2. The number of amidine groups is 1. The van der Waals surface area contributed by atoms with Gasteiger partial charge in [0.25, 0.3) is 5.91 Å². The number of hydrogen-bond acceptors (Lipinski definition) is 5. The van der Waals surface area contributed by atoms with Gasteiger partial charge in [0.2, 0.25) is 0 Å². The summed E-state index contributed by atoms with van der Waals surface area (Å²) in [6.07, 6.45) is 0. The fourth-order valence-electron chi connectivity index (χ4n) is 3.35. The quantitative estimate of drug-likeness (QED) is 0.760. The van der Waals surface area contributed by atoms with Crippen molar-refractivity contribution >= 4 is 38.4 Å². The number of nitrogens with zero attached hydrogens (tertiary/aromatic N) is 2. The van der Waals surface area contributed by atoms with Crippen LogP contribution in [0.4, 0.5) is 10.1 Å². The Morgan fingerprint density at radius 2 is 1.82 bits per heavy atom. The lowest BCUT2D eigenvalue weighted by atomic mass is 10.2. The molecule has 146 valence electrons. The highest BCUT2D eigenvalue weighted by Gasteiger charge is 2.49. The minimum Gasteiger partial charge on any atom is -0.497 e. The number of aliphatic imine (C=N–C) groups is 1. The van der Waals surface area contributed by atoms with E-state index in [0.29, 0.717) is 22.2 Å². The van der Waals surface area contributed by atoms with Gasteiger partial charge < -0.3 is 9.64 Å². The van der Waals surface area contributed by atoms with Gasteiger partial charge in [-0.25, -0.2) is 12.8 Å². The topological polar surface area (TPSA) is 76.0 Å². The number of amides is 1. The second-order valence-corrected chi connectivity index (χ2v) is 9.94. The van der Waals surface area contributed by atoms with Crippen LogP contribution < -0.4 is 9.64 Å². The average Bonchev–Trinajstić information content (AvgIpc) is 3.13. The van der Waals surface area contributed by atoms with Gasteiger partial charge in [-0.1, -0.05) is 11.8 Å². The molecule has 2 heterocycles. The molecule has 0 N–H and O–H groups in total. The van der Waals surface area contributed by atoms with Gasteiger partial charge in [-0.05, 0) is 48.5 Å². The molecule has 28 heavy (non-hydrogen) atoms. The van der Waals surface area contributed by atoms with Crippen molar-refractivity contribution in [1.29, 1.82) is 0 Å². The summed E-state index contributed by atoms with van der Waals surface area (Å²) in [5.74, 6) is -0.167. The molecule has 0 aliphatic carbocycles. The maximum atomic E-state index is 13.3. The summed E-state index contributed by atoms with van der Waals surface area (Å²) in [7, 11) is -1.62. The van der Waals surface area contributed by atoms with E-state index in [0.717, 1.165) is 0 Å². The molecular formula is C19H17FN2O4S2. The van der Waals surface area contributed by atoms with Crippen molar-refractivity contribution in [3.63, 3.8) is 0 Å². The number of sulfone groups is 1. The van der Waals surface area contributed by atoms with Crippen LogP contribution in [0.3, 0.4) is 0 Å². The molecule has 6 nitrogen and oxygen atoms in total. The molecule has 1 amide bonds. The lowest BCUT2D eigenvalue weighted by molar-refractivity contribution is 0.100. The second-order valence-electron chi connectivity index (χ2n) is 6.58. The highest BCUT2D eigenvalue weighted by molar-refractivity contribution is 8.16. The zero-order chi connectivity index (χ0) is 19.9. The fourth-order valence-corrected chi connectivity index (χ4v) is 7.27. The van der Waals surface area contributed by atoms with E-state index in [1.165, 1.54) is 23.9 Å². The van der Waals surface area contributed by atoms with E-state index in [9.17, 15) is 17.6 Å². The molecule has 2 aliphatic rings. The molecule has 2 aromatic carbocycles. The highest BCUT2D eigenvalue weighted by atomic mass is 32.2. The Labute approximate surface area is 166 Å². The Morgan fingerprint density at radius 3 is 2.46 bits per heavy atom. The van der Waals surface area contributed by atoms with Crippen LogP contribution in [-0.2, 0) is 9.84 Å². The summed E-state index contributed by atoms with van der Waals surface area (Å²) in [4.78, 5) is 18.6. The Kier molecular flexibility index (Phi) is 4.88. The van der Waals surface area contributed by atoms with Crippen molar-refractivity contribution < 1.29 is 22.3 Å². The molecule has 2 atom stereocenters. The lowest BCUT2D eigenvalue weighted by Crippen LogP contribution is -2.37. The van der Waals surface area contributed by atoms with Crippen LogP contribution in [0.5, 0.6) is 5.75 Å². The van der Waals surface area contributed by atoms with Crippen LogP contribution in [-0.4, -0.2) is 49.4 Å². The lowest BCUT2D eigenvalue weighted by Gasteiger charge is -2.24. The molecule has 0 saturated carbocycles. The van der Waals surface area contributed by atoms with Gasteiger partial charge in [-0.2, -0.15) is 4.99 Å². The number of fused-ring (bicyclic) bond motifs is 1. The highest BCUT2D eigenvalue weighted by Crippen LogP contribution is 2.41. The molecule has 2 saturated heterocycles. The number of carbonyl (C=O) groups is 1. The van der Waals surface area contributed by atoms with Crippen molar-refractivity contribution in [1.82, 2.24) is 0 Å². The van der Waals surface area contributed by atoms with E-state index in [1.807, 2.05) is 0 Å². The third kappa shape index (κ3) is 3.64. The van der Waals surface area contributed by atoms with Crippen LogP contribution in [0.1, 0.15) is 10.4 Å². The average molecular weight is 420 g/mol. The number of ether oxygens (including phenoxy) is 1. The normalized spacial score (nSPS) is 24.4. The molecule has 0 spiro atoms. The van der Waals surface area contributed by atoms with Gasteiger partial charge in [-0.15, -0.1) is 0 Å². The van der Waals surface area contributed by atoms with Gasteiger partial charge in [0.15, 0.2) is 15.0 Å². The van der Waals surface area contributed by atoms with Crippen LogP contribution in [0.2, 0.25) is 0 Å². The molecular weight excluding hydrogens is 403 g/mol. The Bertz CT molecular complexity index is 1040. The molecule has 0 radical (unpaired) electrons.